The molecule has 0 bridgehead atoms. The minimum atomic E-state index is 0.690. The van der Waals surface area contributed by atoms with Gasteiger partial charge in [-0.3, -0.25) is 0 Å². The molecular formula is C13H18BrN. The quantitative estimate of drug-likeness (QED) is 0.872. The number of benzene rings is 1. The standard InChI is InChI=1S/C13H18BrN/c1-9-7-11-4-2-3-10(5-6-15)12(11)8-13(9)14/h7-8,10H,2-6,15H2,1H3. The summed E-state index contributed by atoms with van der Waals surface area (Å²) in [6.07, 6.45) is 4.99. The van der Waals surface area contributed by atoms with E-state index in [1.807, 2.05) is 0 Å². The number of hydrogen-bond acceptors (Lipinski definition) is 1. The van der Waals surface area contributed by atoms with Crippen LogP contribution in [-0.2, 0) is 6.42 Å². The van der Waals surface area contributed by atoms with Crippen molar-refractivity contribution in [3.8, 4) is 0 Å². The number of hydrogen-bond donors (Lipinski definition) is 1. The van der Waals surface area contributed by atoms with Crippen LogP contribution in [0.5, 0.6) is 0 Å². The maximum atomic E-state index is 5.67. The second kappa shape index (κ2) is 4.67. The molecular weight excluding hydrogens is 250 g/mol. The summed E-state index contributed by atoms with van der Waals surface area (Å²) in [5, 5.41) is 0. The lowest BCUT2D eigenvalue weighted by Crippen LogP contribution is -2.14. The van der Waals surface area contributed by atoms with Gasteiger partial charge < -0.3 is 5.73 Å². The average Bonchev–Trinajstić information content (AvgIpc) is 2.21. The van der Waals surface area contributed by atoms with E-state index in [0.29, 0.717) is 5.92 Å². The SMILES string of the molecule is Cc1cc2c(cc1Br)C(CCN)CCC2. The molecule has 0 fully saturated rings. The summed E-state index contributed by atoms with van der Waals surface area (Å²) in [6.45, 7) is 2.96. The molecule has 2 N–H and O–H groups in total. The normalized spacial score (nSPS) is 20.1. The summed E-state index contributed by atoms with van der Waals surface area (Å²) >= 11 is 3.62. The van der Waals surface area contributed by atoms with E-state index in [1.54, 1.807) is 5.56 Å². The molecule has 1 aliphatic rings. The third-order valence-electron chi connectivity index (χ3n) is 3.37. The van der Waals surface area contributed by atoms with Gasteiger partial charge in [0.25, 0.3) is 0 Å². The lowest BCUT2D eigenvalue weighted by Gasteiger charge is -2.26. The predicted molar refractivity (Wildman–Crippen MR) is 68.2 cm³/mol. The molecule has 1 nitrogen and oxygen atoms in total. The topological polar surface area (TPSA) is 26.0 Å². The fourth-order valence-corrected chi connectivity index (χ4v) is 2.91. The van der Waals surface area contributed by atoms with Crippen molar-refractivity contribution in [1.82, 2.24) is 0 Å². The minimum Gasteiger partial charge on any atom is -0.330 e. The molecule has 15 heavy (non-hydrogen) atoms. The first kappa shape index (κ1) is 11.2. The van der Waals surface area contributed by atoms with Crippen LogP contribution >= 0.6 is 15.9 Å². The van der Waals surface area contributed by atoms with Crippen LogP contribution in [0.3, 0.4) is 0 Å². The van der Waals surface area contributed by atoms with Crippen molar-refractivity contribution in [2.24, 2.45) is 5.73 Å². The van der Waals surface area contributed by atoms with Gasteiger partial charge in [0.15, 0.2) is 0 Å². The van der Waals surface area contributed by atoms with E-state index in [-0.39, 0.29) is 0 Å². The molecule has 0 spiro atoms. The molecule has 1 aromatic carbocycles. The monoisotopic (exact) mass is 267 g/mol. The van der Waals surface area contributed by atoms with Crippen LogP contribution in [0.1, 0.15) is 41.9 Å². The van der Waals surface area contributed by atoms with Crippen LogP contribution in [0.4, 0.5) is 0 Å². The molecule has 0 saturated heterocycles. The van der Waals surface area contributed by atoms with Crippen LogP contribution in [0, 0.1) is 6.92 Å². The summed E-state index contributed by atoms with van der Waals surface area (Å²) < 4.78 is 1.24. The van der Waals surface area contributed by atoms with Crippen molar-refractivity contribution in [2.75, 3.05) is 6.54 Å². The summed E-state index contributed by atoms with van der Waals surface area (Å²) in [5.41, 5.74) is 10.1. The first-order valence-corrected chi connectivity index (χ1v) is 6.50. The summed E-state index contributed by atoms with van der Waals surface area (Å²) in [4.78, 5) is 0. The summed E-state index contributed by atoms with van der Waals surface area (Å²) in [6, 6.07) is 4.65. The molecule has 1 unspecified atom stereocenters. The van der Waals surface area contributed by atoms with Crippen LogP contribution in [-0.4, -0.2) is 6.54 Å². The highest BCUT2D eigenvalue weighted by Gasteiger charge is 2.20. The zero-order chi connectivity index (χ0) is 10.8. The first-order chi connectivity index (χ1) is 7.22. The van der Waals surface area contributed by atoms with Crippen molar-refractivity contribution in [2.45, 2.75) is 38.5 Å². The maximum absolute atomic E-state index is 5.67. The van der Waals surface area contributed by atoms with E-state index in [2.05, 4.69) is 35.0 Å². The second-order valence-corrected chi connectivity index (χ2v) is 5.32. The van der Waals surface area contributed by atoms with Gasteiger partial charge in [-0.15, -0.1) is 0 Å². The molecule has 0 heterocycles. The van der Waals surface area contributed by atoms with Gasteiger partial charge in [0.1, 0.15) is 0 Å². The molecule has 0 radical (unpaired) electrons. The van der Waals surface area contributed by atoms with E-state index in [4.69, 9.17) is 5.73 Å². The summed E-state index contributed by atoms with van der Waals surface area (Å²) in [7, 11) is 0. The predicted octanol–water partition coefficient (Wildman–Crippen LogP) is 3.53. The van der Waals surface area contributed by atoms with Crippen LogP contribution in [0.15, 0.2) is 16.6 Å². The Morgan fingerprint density at radius 1 is 1.47 bits per heavy atom. The van der Waals surface area contributed by atoms with Gasteiger partial charge in [0, 0.05) is 4.47 Å². The van der Waals surface area contributed by atoms with Crippen molar-refractivity contribution < 1.29 is 0 Å². The van der Waals surface area contributed by atoms with Crippen LogP contribution in [0.25, 0.3) is 0 Å². The zero-order valence-corrected chi connectivity index (χ0v) is 10.8. The highest BCUT2D eigenvalue weighted by Crippen LogP contribution is 2.36. The third-order valence-corrected chi connectivity index (χ3v) is 4.23. The fourth-order valence-electron chi connectivity index (χ4n) is 2.55. The second-order valence-electron chi connectivity index (χ2n) is 4.47. The molecule has 1 atom stereocenters. The summed E-state index contributed by atoms with van der Waals surface area (Å²) in [5.74, 6) is 0.690. The number of fused-ring (bicyclic) bond motifs is 1. The van der Waals surface area contributed by atoms with E-state index in [1.165, 1.54) is 34.9 Å². The van der Waals surface area contributed by atoms with Gasteiger partial charge in [-0.05, 0) is 67.8 Å². The molecule has 1 aliphatic carbocycles. The van der Waals surface area contributed by atoms with Gasteiger partial charge in [-0.25, -0.2) is 0 Å². The van der Waals surface area contributed by atoms with E-state index in [9.17, 15) is 0 Å². The number of rotatable bonds is 2. The van der Waals surface area contributed by atoms with Crippen molar-refractivity contribution in [1.29, 1.82) is 0 Å². The zero-order valence-electron chi connectivity index (χ0n) is 9.22. The van der Waals surface area contributed by atoms with E-state index in [0.717, 1.165) is 13.0 Å². The van der Waals surface area contributed by atoms with Crippen LogP contribution in [0.2, 0.25) is 0 Å². The van der Waals surface area contributed by atoms with Gasteiger partial charge in [0.05, 0.1) is 0 Å². The Labute approximate surface area is 100 Å². The molecule has 1 aromatic rings. The number of nitrogens with two attached hydrogens (primary N) is 1. The Balaban J connectivity index is 2.38. The average molecular weight is 268 g/mol. The van der Waals surface area contributed by atoms with Gasteiger partial charge in [-0.2, -0.15) is 0 Å². The highest BCUT2D eigenvalue weighted by atomic mass is 79.9. The van der Waals surface area contributed by atoms with Gasteiger partial charge in [0.2, 0.25) is 0 Å². The van der Waals surface area contributed by atoms with Crippen molar-refractivity contribution >= 4 is 15.9 Å². The van der Waals surface area contributed by atoms with E-state index >= 15 is 0 Å². The number of halogens is 1. The molecule has 82 valence electrons. The Kier molecular flexibility index (Phi) is 3.47. The first-order valence-electron chi connectivity index (χ1n) is 5.71. The molecule has 0 amide bonds. The Morgan fingerprint density at radius 3 is 3.00 bits per heavy atom. The Bertz CT molecular complexity index is 360. The van der Waals surface area contributed by atoms with Crippen molar-refractivity contribution in [3.05, 3.63) is 33.3 Å². The lowest BCUT2D eigenvalue weighted by atomic mass is 9.80. The van der Waals surface area contributed by atoms with Crippen molar-refractivity contribution in [3.63, 3.8) is 0 Å². The Hall–Kier alpha value is -0.340. The molecule has 0 aromatic heterocycles. The third kappa shape index (κ3) is 2.26. The highest BCUT2D eigenvalue weighted by molar-refractivity contribution is 9.10. The number of aryl methyl sites for hydroxylation is 2. The molecule has 0 saturated carbocycles. The van der Waals surface area contributed by atoms with Gasteiger partial charge in [-0.1, -0.05) is 22.0 Å². The molecule has 2 heteroatoms. The minimum absolute atomic E-state index is 0.690. The largest absolute Gasteiger partial charge is 0.330 e. The van der Waals surface area contributed by atoms with Crippen LogP contribution < -0.4 is 5.73 Å². The Morgan fingerprint density at radius 2 is 2.27 bits per heavy atom. The molecule has 0 aliphatic heterocycles. The van der Waals surface area contributed by atoms with Gasteiger partial charge >= 0.3 is 0 Å². The van der Waals surface area contributed by atoms with E-state index < -0.39 is 0 Å². The maximum Gasteiger partial charge on any atom is 0.0207 e. The smallest absolute Gasteiger partial charge is 0.0207 e. The fraction of sp³-hybridized carbons (Fsp3) is 0.538. The molecule has 2 rings (SSSR count). The lowest BCUT2D eigenvalue weighted by molar-refractivity contribution is 0.525.